The number of carboxylic acid groups (broad SMARTS) is 1. The van der Waals surface area contributed by atoms with Gasteiger partial charge in [-0.15, -0.1) is 0 Å². The minimum atomic E-state index is -1.11. The highest BCUT2D eigenvalue weighted by atomic mass is 35.5. The molecule has 0 fully saturated rings. The minimum absolute atomic E-state index is 0.00798. The molecule has 0 aliphatic heterocycles. The lowest BCUT2D eigenvalue weighted by atomic mass is 10.0. The van der Waals surface area contributed by atoms with Crippen molar-refractivity contribution in [2.45, 2.75) is 26.3 Å². The molecule has 0 saturated carbocycles. The van der Waals surface area contributed by atoms with Crippen LogP contribution in [0.4, 0.5) is 0 Å². The number of aliphatic carboxylic acids is 1. The number of ether oxygens (including phenoxy) is 1. The van der Waals surface area contributed by atoms with Crippen molar-refractivity contribution in [1.82, 2.24) is 5.32 Å². The fourth-order valence-electron chi connectivity index (χ4n) is 1.75. The summed E-state index contributed by atoms with van der Waals surface area (Å²) >= 11 is 23.6. The first-order valence-corrected chi connectivity index (χ1v) is 8.12. The molecule has 0 radical (unpaired) electrons. The Bertz CT molecular complexity index is 607. The van der Waals surface area contributed by atoms with Crippen LogP contribution in [-0.2, 0) is 9.59 Å². The summed E-state index contributed by atoms with van der Waals surface area (Å²) < 4.78 is 5.24. The highest BCUT2D eigenvalue weighted by molar-refractivity contribution is 6.50. The van der Waals surface area contributed by atoms with Crippen molar-refractivity contribution in [3.8, 4) is 5.75 Å². The maximum Gasteiger partial charge on any atom is 0.326 e. The molecule has 1 rings (SSSR count). The van der Waals surface area contributed by atoms with Crippen molar-refractivity contribution in [2.24, 2.45) is 5.92 Å². The Morgan fingerprint density at radius 3 is 2.30 bits per heavy atom. The van der Waals surface area contributed by atoms with Crippen LogP contribution in [0.1, 0.15) is 20.3 Å². The van der Waals surface area contributed by atoms with Gasteiger partial charge in [-0.3, -0.25) is 4.79 Å². The van der Waals surface area contributed by atoms with Crippen LogP contribution in [0, 0.1) is 5.92 Å². The molecule has 5 nitrogen and oxygen atoms in total. The van der Waals surface area contributed by atoms with E-state index in [1.807, 2.05) is 13.8 Å². The second kappa shape index (κ2) is 8.83. The third kappa shape index (κ3) is 5.92. The fraction of sp³-hybridized carbons (Fsp3) is 0.429. The molecular formula is C14H15Cl4NO4. The Kier molecular flexibility index (Phi) is 7.74. The van der Waals surface area contributed by atoms with E-state index >= 15 is 0 Å². The Hall–Kier alpha value is -0.880. The molecule has 2 N–H and O–H groups in total. The third-order valence-corrected chi connectivity index (χ3v) is 4.29. The molecule has 9 heteroatoms. The van der Waals surface area contributed by atoms with E-state index in [9.17, 15) is 9.59 Å². The lowest BCUT2D eigenvalue weighted by Crippen LogP contribution is -2.43. The molecule has 0 aliphatic carbocycles. The summed E-state index contributed by atoms with van der Waals surface area (Å²) in [6, 6.07) is 0.342. The molecule has 0 aromatic heterocycles. The highest BCUT2D eigenvalue weighted by Crippen LogP contribution is 2.42. The average molecular weight is 403 g/mol. The van der Waals surface area contributed by atoms with Crippen LogP contribution in [0.3, 0.4) is 0 Å². The van der Waals surface area contributed by atoms with Crippen molar-refractivity contribution < 1.29 is 19.4 Å². The standard InChI is InChI=1S/C14H15Cl4NO4/c1-6(2)3-9(14(21)22)19-10(20)5-23-13-8(16)4-7(15)11(17)12(13)18/h4,6,9H,3,5H2,1-2H3,(H,19,20)(H,21,22)/t9-/m1/s1. The van der Waals surface area contributed by atoms with Gasteiger partial charge in [0, 0.05) is 0 Å². The number of carboxylic acids is 1. The van der Waals surface area contributed by atoms with Crippen LogP contribution >= 0.6 is 46.4 Å². The molecule has 0 spiro atoms. The van der Waals surface area contributed by atoms with Gasteiger partial charge >= 0.3 is 5.97 Å². The maximum absolute atomic E-state index is 11.8. The van der Waals surface area contributed by atoms with Gasteiger partial charge < -0.3 is 15.2 Å². The Labute approximate surface area is 153 Å². The van der Waals surface area contributed by atoms with Gasteiger partial charge in [0.05, 0.1) is 15.1 Å². The topological polar surface area (TPSA) is 75.6 Å². The molecule has 1 atom stereocenters. The van der Waals surface area contributed by atoms with E-state index in [2.05, 4.69) is 5.32 Å². The van der Waals surface area contributed by atoms with Gasteiger partial charge in [-0.05, 0) is 18.4 Å². The number of halogens is 4. The van der Waals surface area contributed by atoms with E-state index in [4.69, 9.17) is 56.2 Å². The monoisotopic (exact) mass is 401 g/mol. The Balaban J connectivity index is 2.73. The lowest BCUT2D eigenvalue weighted by Gasteiger charge is -2.17. The van der Waals surface area contributed by atoms with Crippen molar-refractivity contribution in [3.05, 3.63) is 26.2 Å². The molecular weight excluding hydrogens is 388 g/mol. The van der Waals surface area contributed by atoms with E-state index in [1.165, 1.54) is 6.07 Å². The zero-order chi connectivity index (χ0) is 17.7. The molecule has 128 valence electrons. The van der Waals surface area contributed by atoms with Gasteiger partial charge in [0.15, 0.2) is 12.4 Å². The molecule has 0 bridgehead atoms. The summed E-state index contributed by atoms with van der Waals surface area (Å²) in [4.78, 5) is 22.9. The minimum Gasteiger partial charge on any atom is -0.481 e. The number of carbonyl (C=O) groups is 2. The molecule has 0 aliphatic rings. The SMILES string of the molecule is CC(C)C[C@@H](NC(=O)COc1c(Cl)cc(Cl)c(Cl)c1Cl)C(=O)O. The van der Waals surface area contributed by atoms with E-state index in [-0.39, 0.29) is 31.8 Å². The van der Waals surface area contributed by atoms with Crippen molar-refractivity contribution in [2.75, 3.05) is 6.61 Å². The van der Waals surface area contributed by atoms with Crippen molar-refractivity contribution in [1.29, 1.82) is 0 Å². The second-order valence-corrected chi connectivity index (χ2v) is 6.74. The zero-order valence-corrected chi connectivity index (χ0v) is 15.4. The number of hydrogen-bond donors (Lipinski definition) is 2. The normalized spacial score (nSPS) is 12.1. The van der Waals surface area contributed by atoms with Gasteiger partial charge in [0.2, 0.25) is 0 Å². The predicted molar refractivity (Wildman–Crippen MR) is 91.0 cm³/mol. The predicted octanol–water partition coefficient (Wildman–Crippen LogP) is 4.29. The summed E-state index contributed by atoms with van der Waals surface area (Å²) in [6.07, 6.45) is 0.301. The highest BCUT2D eigenvalue weighted by Gasteiger charge is 2.22. The summed E-state index contributed by atoms with van der Waals surface area (Å²) in [6.45, 7) is 3.25. The first-order chi connectivity index (χ1) is 10.6. The van der Waals surface area contributed by atoms with E-state index in [0.717, 1.165) is 0 Å². The average Bonchev–Trinajstić information content (AvgIpc) is 2.43. The van der Waals surface area contributed by atoms with Gasteiger partial charge in [-0.25, -0.2) is 4.79 Å². The summed E-state index contributed by atoms with van der Waals surface area (Å²) in [5.74, 6) is -1.61. The number of hydrogen-bond acceptors (Lipinski definition) is 3. The van der Waals surface area contributed by atoms with Gasteiger partial charge in [-0.2, -0.15) is 0 Å². The fourth-order valence-corrected chi connectivity index (χ4v) is 2.76. The Morgan fingerprint density at radius 2 is 1.78 bits per heavy atom. The third-order valence-electron chi connectivity index (χ3n) is 2.76. The largest absolute Gasteiger partial charge is 0.481 e. The maximum atomic E-state index is 11.8. The van der Waals surface area contributed by atoms with Crippen LogP contribution in [0.25, 0.3) is 0 Å². The van der Waals surface area contributed by atoms with E-state index < -0.39 is 24.5 Å². The molecule has 0 heterocycles. The summed E-state index contributed by atoms with van der Waals surface area (Å²) in [5, 5.41) is 11.7. The Morgan fingerprint density at radius 1 is 1.17 bits per heavy atom. The van der Waals surface area contributed by atoms with Gasteiger partial charge in [0.25, 0.3) is 5.91 Å². The number of rotatable bonds is 7. The summed E-state index contributed by atoms with van der Waals surface area (Å²) in [5.41, 5.74) is 0. The van der Waals surface area contributed by atoms with Crippen LogP contribution in [-0.4, -0.2) is 29.6 Å². The van der Waals surface area contributed by atoms with Crippen molar-refractivity contribution in [3.63, 3.8) is 0 Å². The van der Waals surface area contributed by atoms with Gasteiger partial charge in [-0.1, -0.05) is 60.3 Å². The molecule has 0 unspecified atom stereocenters. The number of nitrogens with one attached hydrogen (secondary N) is 1. The lowest BCUT2D eigenvalue weighted by molar-refractivity contribution is -0.142. The second-order valence-electron chi connectivity index (χ2n) is 5.17. The first kappa shape index (κ1) is 20.2. The quantitative estimate of drug-likeness (QED) is 0.526. The van der Waals surface area contributed by atoms with Crippen LogP contribution < -0.4 is 10.1 Å². The van der Waals surface area contributed by atoms with E-state index in [1.54, 1.807) is 0 Å². The number of benzene rings is 1. The molecule has 23 heavy (non-hydrogen) atoms. The molecule has 0 saturated heterocycles. The first-order valence-electron chi connectivity index (χ1n) is 6.61. The van der Waals surface area contributed by atoms with Crippen LogP contribution in [0.15, 0.2) is 6.07 Å². The molecule has 1 amide bonds. The summed E-state index contributed by atoms with van der Waals surface area (Å²) in [7, 11) is 0. The smallest absolute Gasteiger partial charge is 0.326 e. The number of carbonyl (C=O) groups excluding carboxylic acids is 1. The zero-order valence-electron chi connectivity index (χ0n) is 12.3. The molecule has 1 aromatic rings. The van der Waals surface area contributed by atoms with Crippen LogP contribution in [0.2, 0.25) is 20.1 Å². The van der Waals surface area contributed by atoms with Crippen molar-refractivity contribution >= 4 is 58.3 Å². The van der Waals surface area contributed by atoms with Crippen LogP contribution in [0.5, 0.6) is 5.75 Å². The molecule has 1 aromatic carbocycles. The van der Waals surface area contributed by atoms with E-state index in [0.29, 0.717) is 6.42 Å². The van der Waals surface area contributed by atoms with Gasteiger partial charge in [0.1, 0.15) is 11.1 Å². The number of amides is 1.